The molecule has 1 amide bonds. The van der Waals surface area contributed by atoms with E-state index in [4.69, 9.17) is 4.74 Å². The van der Waals surface area contributed by atoms with Crippen LogP contribution in [0, 0.1) is 0 Å². The van der Waals surface area contributed by atoms with Gasteiger partial charge in [0.05, 0.1) is 17.7 Å². The molecular weight excluding hydrogens is 340 g/mol. The summed E-state index contributed by atoms with van der Waals surface area (Å²) in [5, 5.41) is 2.76. The average Bonchev–Trinajstić information content (AvgIpc) is 3.46. The molecular formula is C18H20N2O4S. The van der Waals surface area contributed by atoms with Crippen LogP contribution < -0.4 is 10.1 Å². The van der Waals surface area contributed by atoms with Crippen molar-refractivity contribution in [3.63, 3.8) is 0 Å². The van der Waals surface area contributed by atoms with Crippen LogP contribution in [-0.4, -0.2) is 38.8 Å². The highest BCUT2D eigenvalue weighted by molar-refractivity contribution is 7.89. The van der Waals surface area contributed by atoms with Crippen LogP contribution in [0.3, 0.4) is 0 Å². The topological polar surface area (TPSA) is 75.7 Å². The number of benzene rings is 2. The maximum Gasteiger partial charge on any atom is 0.255 e. The number of sulfonamides is 1. The Kier molecular flexibility index (Phi) is 4.78. The molecule has 25 heavy (non-hydrogen) atoms. The molecule has 2 aromatic carbocycles. The minimum absolute atomic E-state index is 0.0959. The number of nitrogens with one attached hydrogen (secondary N) is 1. The molecule has 1 saturated carbocycles. The van der Waals surface area contributed by atoms with Crippen LogP contribution in [0.1, 0.15) is 23.2 Å². The first-order valence-electron chi connectivity index (χ1n) is 7.96. The number of rotatable bonds is 6. The zero-order valence-corrected chi connectivity index (χ0v) is 14.9. The number of ether oxygens (including phenoxy) is 1. The number of carbonyl (C=O) groups excluding carboxylic acids is 1. The molecule has 0 bridgehead atoms. The van der Waals surface area contributed by atoms with Crippen molar-refractivity contribution in [3.05, 3.63) is 54.1 Å². The van der Waals surface area contributed by atoms with E-state index in [2.05, 4.69) is 5.32 Å². The first-order chi connectivity index (χ1) is 11.9. The number of carbonyl (C=O) groups is 1. The zero-order chi connectivity index (χ0) is 18.0. The Labute approximate surface area is 147 Å². The molecule has 132 valence electrons. The Morgan fingerprint density at radius 3 is 2.36 bits per heavy atom. The zero-order valence-electron chi connectivity index (χ0n) is 14.1. The summed E-state index contributed by atoms with van der Waals surface area (Å²) < 4.78 is 31.6. The number of hydrogen-bond acceptors (Lipinski definition) is 4. The van der Waals surface area contributed by atoms with Crippen molar-refractivity contribution >= 4 is 21.6 Å². The summed E-state index contributed by atoms with van der Waals surface area (Å²) >= 11 is 0. The van der Waals surface area contributed by atoms with Gasteiger partial charge in [0, 0.05) is 18.7 Å². The summed E-state index contributed by atoms with van der Waals surface area (Å²) in [7, 11) is -0.385. The quantitative estimate of drug-likeness (QED) is 0.859. The Hall–Kier alpha value is -2.38. The molecule has 0 aromatic heterocycles. The Balaban J connectivity index is 1.77. The van der Waals surface area contributed by atoms with E-state index in [0.29, 0.717) is 17.0 Å². The highest BCUT2D eigenvalue weighted by Crippen LogP contribution is 2.30. The highest BCUT2D eigenvalue weighted by Gasteiger charge is 2.34. The second-order valence-electron chi connectivity index (χ2n) is 5.93. The van der Waals surface area contributed by atoms with Gasteiger partial charge in [-0.05, 0) is 49.2 Å². The minimum Gasteiger partial charge on any atom is -0.495 e. The fourth-order valence-corrected chi connectivity index (χ4v) is 3.94. The van der Waals surface area contributed by atoms with Crippen LogP contribution in [0.2, 0.25) is 0 Å². The van der Waals surface area contributed by atoms with Crippen LogP contribution in [-0.2, 0) is 10.0 Å². The average molecular weight is 360 g/mol. The molecule has 6 nitrogen and oxygen atoms in total. The maximum absolute atomic E-state index is 12.5. The molecule has 0 radical (unpaired) electrons. The summed E-state index contributed by atoms with van der Waals surface area (Å²) in [6, 6.07) is 13.1. The number of para-hydroxylation sites is 2. The van der Waals surface area contributed by atoms with Crippen molar-refractivity contribution in [1.29, 1.82) is 0 Å². The Morgan fingerprint density at radius 2 is 1.76 bits per heavy atom. The molecule has 1 fully saturated rings. The van der Waals surface area contributed by atoms with E-state index < -0.39 is 10.0 Å². The molecule has 1 aliphatic rings. The van der Waals surface area contributed by atoms with Crippen LogP contribution in [0.4, 0.5) is 5.69 Å². The van der Waals surface area contributed by atoms with Gasteiger partial charge < -0.3 is 10.1 Å². The van der Waals surface area contributed by atoms with Crippen LogP contribution in [0.5, 0.6) is 5.75 Å². The molecule has 7 heteroatoms. The van der Waals surface area contributed by atoms with E-state index >= 15 is 0 Å². The van der Waals surface area contributed by atoms with Crippen molar-refractivity contribution < 1.29 is 17.9 Å². The molecule has 2 aromatic rings. The predicted octanol–water partition coefficient (Wildman–Crippen LogP) is 2.73. The molecule has 0 heterocycles. The van der Waals surface area contributed by atoms with Crippen molar-refractivity contribution in [2.75, 3.05) is 19.5 Å². The van der Waals surface area contributed by atoms with E-state index in [0.717, 1.165) is 12.8 Å². The molecule has 3 rings (SSSR count). The van der Waals surface area contributed by atoms with Crippen LogP contribution in [0.25, 0.3) is 0 Å². The molecule has 0 saturated heterocycles. The molecule has 1 aliphatic carbocycles. The van der Waals surface area contributed by atoms with Gasteiger partial charge in [-0.3, -0.25) is 4.79 Å². The van der Waals surface area contributed by atoms with Crippen molar-refractivity contribution in [3.8, 4) is 5.75 Å². The van der Waals surface area contributed by atoms with Crippen LogP contribution in [0.15, 0.2) is 53.4 Å². The predicted molar refractivity (Wildman–Crippen MR) is 95.4 cm³/mol. The second kappa shape index (κ2) is 6.85. The minimum atomic E-state index is -3.51. The van der Waals surface area contributed by atoms with Crippen molar-refractivity contribution in [2.45, 2.75) is 23.8 Å². The summed E-state index contributed by atoms with van der Waals surface area (Å²) in [5.74, 6) is 0.227. The van der Waals surface area contributed by atoms with E-state index in [1.54, 1.807) is 25.2 Å². The Bertz CT molecular complexity index is 874. The fourth-order valence-electron chi connectivity index (χ4n) is 2.52. The largest absolute Gasteiger partial charge is 0.495 e. The lowest BCUT2D eigenvalue weighted by molar-refractivity contribution is 0.102. The monoisotopic (exact) mass is 360 g/mol. The van der Waals surface area contributed by atoms with Gasteiger partial charge in [0.2, 0.25) is 10.0 Å². The summed E-state index contributed by atoms with van der Waals surface area (Å²) in [6.45, 7) is 0. The maximum atomic E-state index is 12.5. The van der Waals surface area contributed by atoms with Gasteiger partial charge in [0.15, 0.2) is 0 Å². The van der Waals surface area contributed by atoms with Crippen molar-refractivity contribution in [1.82, 2.24) is 4.31 Å². The first-order valence-corrected chi connectivity index (χ1v) is 9.40. The lowest BCUT2D eigenvalue weighted by atomic mass is 10.2. The number of amides is 1. The number of hydrogen-bond donors (Lipinski definition) is 1. The summed E-state index contributed by atoms with van der Waals surface area (Å²) in [6.07, 6.45) is 1.80. The summed E-state index contributed by atoms with van der Waals surface area (Å²) in [5.41, 5.74) is 0.930. The standard InChI is InChI=1S/C18H20N2O4S/c1-20(14-9-10-14)25(22,23)15-11-7-13(8-12-15)18(21)19-16-5-3-4-6-17(16)24-2/h3-8,11-12,14H,9-10H2,1-2H3,(H,19,21). The summed E-state index contributed by atoms with van der Waals surface area (Å²) in [4.78, 5) is 12.6. The van der Waals surface area contributed by atoms with Gasteiger partial charge in [-0.1, -0.05) is 12.1 Å². The Morgan fingerprint density at radius 1 is 1.12 bits per heavy atom. The van der Waals surface area contributed by atoms with Gasteiger partial charge in [-0.25, -0.2) is 8.42 Å². The van der Waals surface area contributed by atoms with Gasteiger partial charge in [-0.15, -0.1) is 0 Å². The van der Waals surface area contributed by atoms with Gasteiger partial charge in [0.25, 0.3) is 5.91 Å². The SMILES string of the molecule is COc1ccccc1NC(=O)c1ccc(S(=O)(=O)N(C)C2CC2)cc1. The van der Waals surface area contributed by atoms with Gasteiger partial charge >= 0.3 is 0 Å². The highest BCUT2D eigenvalue weighted by atomic mass is 32.2. The third-order valence-electron chi connectivity index (χ3n) is 4.21. The van der Waals surface area contributed by atoms with E-state index in [-0.39, 0.29) is 16.8 Å². The van der Waals surface area contributed by atoms with Gasteiger partial charge in [0.1, 0.15) is 5.75 Å². The van der Waals surface area contributed by atoms with Crippen LogP contribution >= 0.6 is 0 Å². The second-order valence-corrected chi connectivity index (χ2v) is 7.93. The van der Waals surface area contributed by atoms with E-state index in [1.165, 1.54) is 35.7 Å². The van der Waals surface area contributed by atoms with E-state index in [9.17, 15) is 13.2 Å². The van der Waals surface area contributed by atoms with Gasteiger partial charge in [-0.2, -0.15) is 4.31 Å². The van der Waals surface area contributed by atoms with Crippen molar-refractivity contribution in [2.24, 2.45) is 0 Å². The first kappa shape index (κ1) is 17.4. The third kappa shape index (κ3) is 3.67. The lowest BCUT2D eigenvalue weighted by Gasteiger charge is -2.16. The molecule has 1 N–H and O–H groups in total. The number of methoxy groups -OCH3 is 1. The normalized spacial score (nSPS) is 14.4. The molecule has 0 spiro atoms. The fraction of sp³-hybridized carbons (Fsp3) is 0.278. The third-order valence-corrected chi connectivity index (χ3v) is 6.13. The number of nitrogens with zero attached hydrogens (tertiary/aromatic N) is 1. The molecule has 0 unspecified atom stereocenters. The smallest absolute Gasteiger partial charge is 0.255 e. The van der Waals surface area contributed by atoms with E-state index in [1.807, 2.05) is 6.07 Å². The molecule has 0 aliphatic heterocycles. The molecule has 0 atom stereocenters. The lowest BCUT2D eigenvalue weighted by Crippen LogP contribution is -2.29. The number of anilines is 1.